The molecule has 0 atom stereocenters. The highest BCUT2D eigenvalue weighted by Crippen LogP contribution is 2.32. The van der Waals surface area contributed by atoms with Crippen LogP contribution in [0.2, 0.25) is 0 Å². The predicted molar refractivity (Wildman–Crippen MR) is 130 cm³/mol. The molecule has 1 saturated carbocycles. The van der Waals surface area contributed by atoms with Gasteiger partial charge in [0.1, 0.15) is 11.5 Å². The third-order valence-electron chi connectivity index (χ3n) is 6.24. The summed E-state index contributed by atoms with van der Waals surface area (Å²) in [6.07, 6.45) is 11.8. The summed E-state index contributed by atoms with van der Waals surface area (Å²) in [5.74, 6) is 10.0. The Labute approximate surface area is 189 Å². The van der Waals surface area contributed by atoms with Gasteiger partial charge < -0.3 is 9.47 Å². The maximum absolute atomic E-state index is 6.07. The van der Waals surface area contributed by atoms with E-state index in [0.717, 1.165) is 54.6 Å². The number of hydrogen-bond acceptors (Lipinski definition) is 2. The van der Waals surface area contributed by atoms with E-state index < -0.39 is 0 Å². The normalized spacial score (nSPS) is 18.1. The Morgan fingerprint density at radius 3 is 1.74 bits per heavy atom. The molecule has 0 saturated heterocycles. The minimum Gasteiger partial charge on any atom is -0.494 e. The molecular weight excluding hydrogens is 380 g/mol. The molecule has 31 heavy (non-hydrogen) atoms. The van der Waals surface area contributed by atoms with Gasteiger partial charge in [0.2, 0.25) is 0 Å². The Kier molecular flexibility index (Phi) is 9.84. The van der Waals surface area contributed by atoms with E-state index in [0.29, 0.717) is 5.92 Å². The van der Waals surface area contributed by atoms with Crippen molar-refractivity contribution in [2.45, 2.75) is 71.6 Å². The van der Waals surface area contributed by atoms with E-state index in [1.54, 1.807) is 0 Å². The van der Waals surface area contributed by atoms with Crippen LogP contribution in [0.4, 0.5) is 0 Å². The molecule has 166 valence electrons. The SMILES string of the molecule is CCCCOc1ccc(C#Cc2ccc(OCC3CCC(CCCC)CC3)cc2)cc1. The minimum absolute atomic E-state index is 0.714. The Morgan fingerprint density at radius 2 is 1.19 bits per heavy atom. The lowest BCUT2D eigenvalue weighted by atomic mass is 9.80. The summed E-state index contributed by atoms with van der Waals surface area (Å²) in [6.45, 7) is 6.08. The molecule has 0 radical (unpaired) electrons. The van der Waals surface area contributed by atoms with E-state index in [1.807, 2.05) is 48.5 Å². The van der Waals surface area contributed by atoms with Gasteiger partial charge in [-0.05, 0) is 79.6 Å². The molecule has 1 aliphatic rings. The molecular formula is C29H38O2. The summed E-state index contributed by atoms with van der Waals surface area (Å²) >= 11 is 0. The molecule has 2 aromatic rings. The van der Waals surface area contributed by atoms with Crippen molar-refractivity contribution in [3.8, 4) is 23.3 Å². The lowest BCUT2D eigenvalue weighted by Crippen LogP contribution is -2.20. The summed E-state index contributed by atoms with van der Waals surface area (Å²) in [7, 11) is 0. The highest BCUT2D eigenvalue weighted by molar-refractivity contribution is 5.45. The standard InChI is InChI=1S/C29H38O2/c1-3-5-7-24-10-12-27(13-11-24)23-31-29-20-16-26(17-21-29)9-8-25-14-18-28(19-15-25)30-22-6-4-2/h14-21,24,27H,3-7,10-13,22-23H2,1-2H3. The first-order valence-electron chi connectivity index (χ1n) is 12.2. The molecule has 0 unspecified atom stereocenters. The van der Waals surface area contributed by atoms with Crippen LogP contribution >= 0.6 is 0 Å². The highest BCUT2D eigenvalue weighted by Gasteiger charge is 2.21. The number of rotatable bonds is 10. The van der Waals surface area contributed by atoms with Crippen molar-refractivity contribution in [3.05, 3.63) is 59.7 Å². The van der Waals surface area contributed by atoms with Crippen LogP contribution in [-0.4, -0.2) is 13.2 Å². The molecule has 1 fully saturated rings. The van der Waals surface area contributed by atoms with E-state index in [-0.39, 0.29) is 0 Å². The Balaban J connectivity index is 1.42. The second kappa shape index (κ2) is 13.1. The van der Waals surface area contributed by atoms with Gasteiger partial charge in [-0.25, -0.2) is 0 Å². The van der Waals surface area contributed by atoms with Gasteiger partial charge in [0.25, 0.3) is 0 Å². The van der Waals surface area contributed by atoms with Gasteiger partial charge in [0.15, 0.2) is 0 Å². The van der Waals surface area contributed by atoms with Crippen molar-refractivity contribution in [2.24, 2.45) is 11.8 Å². The summed E-state index contributed by atoms with van der Waals surface area (Å²) in [6, 6.07) is 16.2. The topological polar surface area (TPSA) is 18.5 Å². The number of unbranched alkanes of at least 4 members (excludes halogenated alkanes) is 2. The number of hydrogen-bond donors (Lipinski definition) is 0. The van der Waals surface area contributed by atoms with Crippen LogP contribution in [0.5, 0.6) is 11.5 Å². The average Bonchev–Trinajstić information content (AvgIpc) is 2.82. The summed E-state index contributed by atoms with van der Waals surface area (Å²) in [5, 5.41) is 0. The maximum Gasteiger partial charge on any atom is 0.119 e. The van der Waals surface area contributed by atoms with E-state index >= 15 is 0 Å². The van der Waals surface area contributed by atoms with Crippen LogP contribution < -0.4 is 9.47 Å². The van der Waals surface area contributed by atoms with Crippen molar-refractivity contribution in [3.63, 3.8) is 0 Å². The van der Waals surface area contributed by atoms with Gasteiger partial charge in [-0.2, -0.15) is 0 Å². The quantitative estimate of drug-likeness (QED) is 0.291. The van der Waals surface area contributed by atoms with Crippen molar-refractivity contribution < 1.29 is 9.47 Å². The summed E-state index contributed by atoms with van der Waals surface area (Å²) in [5.41, 5.74) is 2.00. The second-order valence-corrected chi connectivity index (χ2v) is 8.84. The van der Waals surface area contributed by atoms with Crippen molar-refractivity contribution >= 4 is 0 Å². The average molecular weight is 419 g/mol. The third-order valence-corrected chi connectivity index (χ3v) is 6.24. The lowest BCUT2D eigenvalue weighted by molar-refractivity contribution is 0.178. The van der Waals surface area contributed by atoms with Gasteiger partial charge >= 0.3 is 0 Å². The van der Waals surface area contributed by atoms with Gasteiger partial charge in [-0.15, -0.1) is 0 Å². The highest BCUT2D eigenvalue weighted by atomic mass is 16.5. The predicted octanol–water partition coefficient (Wildman–Crippen LogP) is 7.64. The molecule has 2 nitrogen and oxygen atoms in total. The molecule has 0 bridgehead atoms. The summed E-state index contributed by atoms with van der Waals surface area (Å²) < 4.78 is 11.8. The fourth-order valence-electron chi connectivity index (χ4n) is 4.14. The third kappa shape index (κ3) is 8.33. The number of benzene rings is 2. The Hall–Kier alpha value is -2.40. The Morgan fingerprint density at radius 1 is 0.677 bits per heavy atom. The molecule has 2 heteroatoms. The van der Waals surface area contributed by atoms with Crippen LogP contribution in [0.25, 0.3) is 0 Å². The van der Waals surface area contributed by atoms with Crippen LogP contribution in [0, 0.1) is 23.7 Å². The van der Waals surface area contributed by atoms with Crippen molar-refractivity contribution in [1.82, 2.24) is 0 Å². The van der Waals surface area contributed by atoms with Crippen molar-refractivity contribution in [1.29, 1.82) is 0 Å². The van der Waals surface area contributed by atoms with E-state index in [2.05, 4.69) is 25.7 Å². The maximum atomic E-state index is 6.07. The zero-order chi connectivity index (χ0) is 21.7. The fourth-order valence-corrected chi connectivity index (χ4v) is 4.14. The molecule has 0 N–H and O–H groups in total. The first kappa shape index (κ1) is 23.3. The van der Waals surface area contributed by atoms with Gasteiger partial charge in [-0.3, -0.25) is 0 Å². The van der Waals surface area contributed by atoms with Gasteiger partial charge in [0, 0.05) is 11.1 Å². The van der Waals surface area contributed by atoms with Crippen molar-refractivity contribution in [2.75, 3.05) is 13.2 Å². The molecule has 0 amide bonds. The van der Waals surface area contributed by atoms with Crippen LogP contribution in [-0.2, 0) is 0 Å². The molecule has 0 heterocycles. The molecule has 0 aromatic heterocycles. The molecule has 0 spiro atoms. The van der Waals surface area contributed by atoms with Crippen LogP contribution in [0.3, 0.4) is 0 Å². The number of ether oxygens (including phenoxy) is 2. The van der Waals surface area contributed by atoms with E-state index in [1.165, 1.54) is 44.9 Å². The fraction of sp³-hybridized carbons (Fsp3) is 0.517. The first-order valence-corrected chi connectivity index (χ1v) is 12.2. The van der Waals surface area contributed by atoms with Gasteiger partial charge in [-0.1, -0.05) is 64.2 Å². The smallest absolute Gasteiger partial charge is 0.119 e. The minimum atomic E-state index is 0.714. The monoisotopic (exact) mass is 418 g/mol. The lowest BCUT2D eigenvalue weighted by Gasteiger charge is -2.28. The zero-order valence-electron chi connectivity index (χ0n) is 19.4. The second-order valence-electron chi connectivity index (χ2n) is 8.84. The molecule has 0 aliphatic heterocycles. The van der Waals surface area contributed by atoms with Gasteiger partial charge in [0.05, 0.1) is 13.2 Å². The van der Waals surface area contributed by atoms with E-state index in [9.17, 15) is 0 Å². The summed E-state index contributed by atoms with van der Waals surface area (Å²) in [4.78, 5) is 0. The molecule has 1 aliphatic carbocycles. The Bertz CT molecular complexity index is 803. The molecule has 2 aromatic carbocycles. The first-order chi connectivity index (χ1) is 15.3. The zero-order valence-corrected chi connectivity index (χ0v) is 19.4. The van der Waals surface area contributed by atoms with Crippen LogP contribution in [0.15, 0.2) is 48.5 Å². The van der Waals surface area contributed by atoms with Crippen LogP contribution in [0.1, 0.15) is 82.8 Å². The van der Waals surface area contributed by atoms with E-state index in [4.69, 9.17) is 9.47 Å². The largest absolute Gasteiger partial charge is 0.494 e. The molecule has 3 rings (SSSR count).